The van der Waals surface area contributed by atoms with Crippen LogP contribution in [0.4, 0.5) is 11.4 Å². The summed E-state index contributed by atoms with van der Waals surface area (Å²) in [6.45, 7) is 4.14. The van der Waals surface area contributed by atoms with Crippen molar-refractivity contribution in [3.63, 3.8) is 0 Å². The van der Waals surface area contributed by atoms with Gasteiger partial charge in [-0.15, -0.1) is 0 Å². The Hall–Kier alpha value is -3.16. The zero-order valence-electron chi connectivity index (χ0n) is 14.6. The number of carbonyl (C=O) groups excluding carboxylic acids is 1. The molecule has 0 aliphatic rings. The largest absolute Gasteiger partial charge is 0.496 e. The van der Waals surface area contributed by atoms with Crippen molar-refractivity contribution in [3.8, 4) is 5.75 Å². The fraction of sp³-hybridized carbons (Fsp3) is 0.294. The van der Waals surface area contributed by atoms with E-state index < -0.39 is 10.8 Å². The highest BCUT2D eigenvalue weighted by Crippen LogP contribution is 2.31. The molecule has 8 nitrogen and oxygen atoms in total. The number of nitro benzene ring substituents is 1. The Balaban J connectivity index is 2.40. The van der Waals surface area contributed by atoms with E-state index in [1.165, 1.54) is 18.2 Å². The molecule has 8 heteroatoms. The molecule has 0 atom stereocenters. The number of hydrogen-bond donors (Lipinski definition) is 1. The van der Waals surface area contributed by atoms with Gasteiger partial charge in [0.2, 0.25) is 5.91 Å². The van der Waals surface area contributed by atoms with Crippen LogP contribution in [0.25, 0.3) is 0 Å². The lowest BCUT2D eigenvalue weighted by molar-refractivity contribution is -0.384. The molecule has 132 valence electrons. The van der Waals surface area contributed by atoms with E-state index in [1.807, 2.05) is 13.8 Å². The standard InChI is InChI=1S/C17H20N4O4/c1-10-8-19-13(11(2)16(10)25-4)9-20(3)14-6-5-12(17(18)22)7-15(14)21(23)24/h5-8H,9H2,1-4H3,(H2,18,22). The second-order valence-corrected chi connectivity index (χ2v) is 5.73. The van der Waals surface area contributed by atoms with Gasteiger partial charge in [0.05, 0.1) is 24.3 Å². The number of anilines is 1. The van der Waals surface area contributed by atoms with E-state index in [0.717, 1.165) is 22.6 Å². The molecule has 0 radical (unpaired) electrons. The molecule has 1 heterocycles. The maximum atomic E-state index is 11.4. The van der Waals surface area contributed by atoms with Gasteiger partial charge in [-0.2, -0.15) is 0 Å². The van der Waals surface area contributed by atoms with Crippen LogP contribution in [-0.4, -0.2) is 30.0 Å². The van der Waals surface area contributed by atoms with Gasteiger partial charge in [-0.25, -0.2) is 0 Å². The summed E-state index contributed by atoms with van der Waals surface area (Å²) >= 11 is 0. The third-order valence-electron chi connectivity index (χ3n) is 4.00. The molecule has 2 rings (SSSR count). The molecule has 2 aromatic rings. The Morgan fingerprint density at radius 2 is 2.08 bits per heavy atom. The van der Waals surface area contributed by atoms with Crippen molar-refractivity contribution in [2.24, 2.45) is 5.73 Å². The van der Waals surface area contributed by atoms with Crippen molar-refractivity contribution in [1.29, 1.82) is 0 Å². The van der Waals surface area contributed by atoms with Crippen LogP contribution in [0.5, 0.6) is 5.75 Å². The topological polar surface area (TPSA) is 112 Å². The van der Waals surface area contributed by atoms with Gasteiger partial charge in [0.15, 0.2) is 0 Å². The van der Waals surface area contributed by atoms with Gasteiger partial charge in [-0.1, -0.05) is 0 Å². The normalized spacial score (nSPS) is 10.4. The highest BCUT2D eigenvalue weighted by molar-refractivity contribution is 5.94. The Labute approximate surface area is 145 Å². The van der Waals surface area contributed by atoms with Gasteiger partial charge in [0, 0.05) is 36.0 Å². The average Bonchev–Trinajstić information content (AvgIpc) is 2.57. The minimum atomic E-state index is -0.710. The number of ether oxygens (including phenoxy) is 1. The van der Waals surface area contributed by atoms with Crippen molar-refractivity contribution >= 4 is 17.3 Å². The van der Waals surface area contributed by atoms with Crippen molar-refractivity contribution in [2.45, 2.75) is 20.4 Å². The van der Waals surface area contributed by atoms with Gasteiger partial charge in [-0.3, -0.25) is 19.9 Å². The second-order valence-electron chi connectivity index (χ2n) is 5.73. The summed E-state index contributed by atoms with van der Waals surface area (Å²) in [4.78, 5) is 28.2. The molecular weight excluding hydrogens is 324 g/mol. The Kier molecular flexibility index (Phi) is 5.21. The molecule has 0 saturated heterocycles. The molecule has 25 heavy (non-hydrogen) atoms. The highest BCUT2D eigenvalue weighted by atomic mass is 16.6. The number of aromatic nitrogens is 1. The van der Waals surface area contributed by atoms with E-state index in [2.05, 4.69) is 4.98 Å². The SMILES string of the molecule is COc1c(C)cnc(CN(C)c2ccc(C(N)=O)cc2[N+](=O)[O-])c1C. The molecule has 0 aliphatic heterocycles. The molecule has 1 amide bonds. The van der Waals surface area contributed by atoms with E-state index in [0.29, 0.717) is 12.2 Å². The molecule has 0 unspecified atom stereocenters. The van der Waals surface area contributed by atoms with E-state index in [9.17, 15) is 14.9 Å². The minimum absolute atomic E-state index is 0.0927. The van der Waals surface area contributed by atoms with Crippen molar-refractivity contribution in [2.75, 3.05) is 19.1 Å². The quantitative estimate of drug-likeness (QED) is 0.636. The molecule has 0 fully saturated rings. The van der Waals surface area contributed by atoms with E-state index >= 15 is 0 Å². The smallest absolute Gasteiger partial charge is 0.293 e. The minimum Gasteiger partial charge on any atom is -0.496 e. The monoisotopic (exact) mass is 344 g/mol. The fourth-order valence-electron chi connectivity index (χ4n) is 2.69. The molecule has 1 aromatic carbocycles. The number of pyridine rings is 1. The summed E-state index contributed by atoms with van der Waals surface area (Å²) in [5.74, 6) is 0.0371. The first kappa shape index (κ1) is 18.2. The highest BCUT2D eigenvalue weighted by Gasteiger charge is 2.21. The first-order chi connectivity index (χ1) is 11.8. The first-order valence-corrected chi connectivity index (χ1v) is 7.54. The Morgan fingerprint density at radius 1 is 1.40 bits per heavy atom. The summed E-state index contributed by atoms with van der Waals surface area (Å²) in [7, 11) is 3.32. The zero-order valence-corrected chi connectivity index (χ0v) is 14.6. The van der Waals surface area contributed by atoms with Crippen LogP contribution < -0.4 is 15.4 Å². The molecule has 1 aromatic heterocycles. The zero-order chi connectivity index (χ0) is 18.7. The third-order valence-corrected chi connectivity index (χ3v) is 4.00. The van der Waals surface area contributed by atoms with Crippen molar-refractivity contribution < 1.29 is 14.5 Å². The van der Waals surface area contributed by atoms with Crippen LogP contribution in [0.2, 0.25) is 0 Å². The summed E-state index contributed by atoms with van der Waals surface area (Å²) in [6.07, 6.45) is 1.71. The van der Waals surface area contributed by atoms with Crippen LogP contribution in [0.3, 0.4) is 0 Å². The number of hydrogen-bond acceptors (Lipinski definition) is 6. The van der Waals surface area contributed by atoms with Crippen molar-refractivity contribution in [3.05, 3.63) is 56.9 Å². The number of rotatable bonds is 6. The molecule has 0 saturated carbocycles. The van der Waals surface area contributed by atoms with Crippen molar-refractivity contribution in [1.82, 2.24) is 4.98 Å². The maximum Gasteiger partial charge on any atom is 0.293 e. The summed E-state index contributed by atoms with van der Waals surface area (Å²) < 4.78 is 5.39. The van der Waals surface area contributed by atoms with Crippen LogP contribution >= 0.6 is 0 Å². The number of nitro groups is 1. The molecular formula is C17H20N4O4. The third kappa shape index (κ3) is 3.68. The van der Waals surface area contributed by atoms with Crippen LogP contribution in [0, 0.1) is 24.0 Å². The lowest BCUT2D eigenvalue weighted by Gasteiger charge is -2.21. The molecule has 2 N–H and O–H groups in total. The van der Waals surface area contributed by atoms with E-state index in [-0.39, 0.29) is 11.3 Å². The van der Waals surface area contributed by atoms with Crippen LogP contribution in [0.1, 0.15) is 27.2 Å². The lowest BCUT2D eigenvalue weighted by Crippen LogP contribution is -2.20. The predicted molar refractivity (Wildman–Crippen MR) is 94.0 cm³/mol. The van der Waals surface area contributed by atoms with E-state index in [1.54, 1.807) is 25.3 Å². The average molecular weight is 344 g/mol. The van der Waals surface area contributed by atoms with Crippen LogP contribution in [0.15, 0.2) is 24.4 Å². The molecule has 0 aliphatic carbocycles. The number of nitrogens with two attached hydrogens (primary N) is 1. The van der Waals surface area contributed by atoms with Gasteiger partial charge in [0.1, 0.15) is 11.4 Å². The van der Waals surface area contributed by atoms with Gasteiger partial charge in [0.25, 0.3) is 5.69 Å². The number of benzene rings is 1. The number of methoxy groups -OCH3 is 1. The first-order valence-electron chi connectivity index (χ1n) is 7.54. The number of primary amides is 1. The lowest BCUT2D eigenvalue weighted by atomic mass is 10.1. The number of carbonyl (C=O) groups is 1. The fourth-order valence-corrected chi connectivity index (χ4v) is 2.69. The van der Waals surface area contributed by atoms with Gasteiger partial charge < -0.3 is 15.4 Å². The number of nitrogens with zero attached hydrogens (tertiary/aromatic N) is 3. The maximum absolute atomic E-state index is 11.4. The number of aryl methyl sites for hydroxylation is 1. The predicted octanol–water partition coefficient (Wildman–Crippen LogP) is 2.35. The Morgan fingerprint density at radius 3 is 2.64 bits per heavy atom. The summed E-state index contributed by atoms with van der Waals surface area (Å²) in [6, 6.07) is 4.17. The molecule has 0 bridgehead atoms. The Bertz CT molecular complexity index is 836. The molecule has 0 spiro atoms. The second kappa shape index (κ2) is 7.16. The number of amides is 1. The van der Waals surface area contributed by atoms with Crippen LogP contribution in [-0.2, 0) is 6.54 Å². The summed E-state index contributed by atoms with van der Waals surface area (Å²) in [5.41, 5.74) is 8.03. The summed E-state index contributed by atoms with van der Waals surface area (Å²) in [5, 5.41) is 11.4. The van der Waals surface area contributed by atoms with Gasteiger partial charge >= 0.3 is 0 Å². The van der Waals surface area contributed by atoms with Gasteiger partial charge in [-0.05, 0) is 26.0 Å². The van der Waals surface area contributed by atoms with E-state index in [4.69, 9.17) is 10.5 Å².